The fourth-order valence-electron chi connectivity index (χ4n) is 1.56. The first-order chi connectivity index (χ1) is 8.86. The molecular weight excluding hydrogens is 251 g/mol. The second kappa shape index (κ2) is 6.17. The minimum absolute atomic E-state index is 0.180. The first kappa shape index (κ1) is 14.9. The van der Waals surface area contributed by atoms with Crippen molar-refractivity contribution in [1.82, 2.24) is 5.32 Å². The fourth-order valence-corrected chi connectivity index (χ4v) is 1.56. The number of hydrogen-bond donors (Lipinski definition) is 2. The summed E-state index contributed by atoms with van der Waals surface area (Å²) in [6.45, 7) is 3.50. The number of nitrogen functional groups attached to an aromatic ring is 1. The minimum Gasteiger partial charge on any atom is -0.467 e. The van der Waals surface area contributed by atoms with Crippen LogP contribution in [0, 0.1) is 11.7 Å². The van der Waals surface area contributed by atoms with Crippen molar-refractivity contribution >= 4 is 17.6 Å². The van der Waals surface area contributed by atoms with Crippen molar-refractivity contribution < 1.29 is 18.7 Å². The van der Waals surface area contributed by atoms with Crippen LogP contribution in [0.15, 0.2) is 18.2 Å². The van der Waals surface area contributed by atoms with Crippen molar-refractivity contribution in [2.24, 2.45) is 5.92 Å². The lowest BCUT2D eigenvalue weighted by molar-refractivity contribution is -0.144. The maximum absolute atomic E-state index is 13.5. The molecule has 1 amide bonds. The van der Waals surface area contributed by atoms with Crippen LogP contribution < -0.4 is 11.1 Å². The summed E-state index contributed by atoms with van der Waals surface area (Å²) in [4.78, 5) is 23.5. The molecule has 0 aliphatic carbocycles. The van der Waals surface area contributed by atoms with E-state index in [0.717, 1.165) is 6.07 Å². The smallest absolute Gasteiger partial charge is 0.328 e. The summed E-state index contributed by atoms with van der Waals surface area (Å²) in [6, 6.07) is 2.84. The van der Waals surface area contributed by atoms with Crippen molar-refractivity contribution in [1.29, 1.82) is 0 Å². The first-order valence-corrected chi connectivity index (χ1v) is 5.80. The van der Waals surface area contributed by atoms with Gasteiger partial charge in [0.2, 0.25) is 0 Å². The third-order valence-electron chi connectivity index (χ3n) is 2.64. The lowest BCUT2D eigenvalue weighted by Crippen LogP contribution is -2.45. The number of ether oxygens (including phenoxy) is 1. The third kappa shape index (κ3) is 3.67. The number of amides is 1. The number of esters is 1. The number of anilines is 1. The molecule has 3 N–H and O–H groups in total. The van der Waals surface area contributed by atoms with E-state index < -0.39 is 23.7 Å². The van der Waals surface area contributed by atoms with Crippen LogP contribution in [-0.4, -0.2) is 25.0 Å². The predicted molar refractivity (Wildman–Crippen MR) is 68.9 cm³/mol. The summed E-state index contributed by atoms with van der Waals surface area (Å²) in [5, 5.41) is 2.44. The first-order valence-electron chi connectivity index (χ1n) is 5.80. The van der Waals surface area contributed by atoms with Gasteiger partial charge in [-0.15, -0.1) is 0 Å². The lowest BCUT2D eigenvalue weighted by Gasteiger charge is -2.20. The Hall–Kier alpha value is -2.11. The van der Waals surface area contributed by atoms with Gasteiger partial charge in [-0.3, -0.25) is 4.79 Å². The molecule has 1 rings (SSSR count). The van der Waals surface area contributed by atoms with Crippen LogP contribution >= 0.6 is 0 Å². The summed E-state index contributed by atoms with van der Waals surface area (Å²) >= 11 is 0. The Morgan fingerprint density at radius 2 is 2.00 bits per heavy atom. The van der Waals surface area contributed by atoms with E-state index in [4.69, 9.17) is 5.73 Å². The summed E-state index contributed by atoms with van der Waals surface area (Å²) in [5.41, 5.74) is 5.57. The second-order valence-corrected chi connectivity index (χ2v) is 4.46. The van der Waals surface area contributed by atoms with Gasteiger partial charge in [0.05, 0.1) is 12.7 Å². The molecule has 0 saturated carbocycles. The SMILES string of the molecule is COC(=O)C(NC(=O)c1cc(N)ccc1F)C(C)C. The number of nitrogens with two attached hydrogens (primary N) is 1. The molecule has 0 fully saturated rings. The van der Waals surface area contributed by atoms with Crippen LogP contribution in [0.5, 0.6) is 0 Å². The average molecular weight is 268 g/mol. The van der Waals surface area contributed by atoms with E-state index >= 15 is 0 Å². The number of halogens is 1. The highest BCUT2D eigenvalue weighted by Gasteiger charge is 2.26. The van der Waals surface area contributed by atoms with Crippen molar-refractivity contribution in [2.75, 3.05) is 12.8 Å². The van der Waals surface area contributed by atoms with Crippen molar-refractivity contribution in [3.8, 4) is 0 Å². The van der Waals surface area contributed by atoms with E-state index in [1.165, 1.54) is 19.2 Å². The maximum Gasteiger partial charge on any atom is 0.328 e. The highest BCUT2D eigenvalue weighted by Crippen LogP contribution is 2.13. The predicted octanol–water partition coefficient (Wildman–Crippen LogP) is 1.34. The van der Waals surface area contributed by atoms with Crippen molar-refractivity contribution in [3.05, 3.63) is 29.6 Å². The summed E-state index contributed by atoms with van der Waals surface area (Å²) in [7, 11) is 1.23. The molecule has 1 aromatic carbocycles. The van der Waals surface area contributed by atoms with E-state index in [0.29, 0.717) is 0 Å². The minimum atomic E-state index is -0.835. The Kier molecular flexibility index (Phi) is 4.86. The Balaban J connectivity index is 2.94. The van der Waals surface area contributed by atoms with Gasteiger partial charge in [0.1, 0.15) is 11.9 Å². The van der Waals surface area contributed by atoms with E-state index in [-0.39, 0.29) is 17.2 Å². The van der Waals surface area contributed by atoms with Crippen LogP contribution in [0.1, 0.15) is 24.2 Å². The number of benzene rings is 1. The average Bonchev–Trinajstić information content (AvgIpc) is 2.37. The van der Waals surface area contributed by atoms with Gasteiger partial charge in [-0.05, 0) is 24.1 Å². The zero-order chi connectivity index (χ0) is 14.6. The van der Waals surface area contributed by atoms with E-state index in [2.05, 4.69) is 10.1 Å². The molecule has 104 valence electrons. The molecule has 0 bridgehead atoms. The van der Waals surface area contributed by atoms with Gasteiger partial charge < -0.3 is 15.8 Å². The van der Waals surface area contributed by atoms with Crippen molar-refractivity contribution in [2.45, 2.75) is 19.9 Å². The molecular formula is C13H17FN2O3. The van der Waals surface area contributed by atoms with Crippen LogP contribution in [0.4, 0.5) is 10.1 Å². The molecule has 5 nitrogen and oxygen atoms in total. The van der Waals surface area contributed by atoms with Crippen LogP contribution in [0.25, 0.3) is 0 Å². The third-order valence-corrected chi connectivity index (χ3v) is 2.64. The highest BCUT2D eigenvalue weighted by molar-refractivity contribution is 5.97. The Bertz CT molecular complexity index is 489. The van der Waals surface area contributed by atoms with Crippen LogP contribution in [0.2, 0.25) is 0 Å². The zero-order valence-electron chi connectivity index (χ0n) is 11.1. The molecule has 1 atom stereocenters. The Morgan fingerprint density at radius 3 is 2.53 bits per heavy atom. The summed E-state index contributed by atoms with van der Waals surface area (Å²) < 4.78 is 18.1. The van der Waals surface area contributed by atoms with E-state index in [1.54, 1.807) is 13.8 Å². The molecule has 0 aliphatic heterocycles. The van der Waals surface area contributed by atoms with Gasteiger partial charge in [0, 0.05) is 5.69 Å². The van der Waals surface area contributed by atoms with Gasteiger partial charge in [-0.25, -0.2) is 9.18 Å². The number of carbonyl (C=O) groups excluding carboxylic acids is 2. The standard InChI is InChI=1S/C13H17FN2O3/c1-7(2)11(13(18)19-3)16-12(17)9-6-8(15)4-5-10(9)14/h4-7,11H,15H2,1-3H3,(H,16,17). The largest absolute Gasteiger partial charge is 0.467 e. The zero-order valence-corrected chi connectivity index (χ0v) is 11.1. The maximum atomic E-state index is 13.5. The number of nitrogens with one attached hydrogen (secondary N) is 1. The lowest BCUT2D eigenvalue weighted by atomic mass is 10.0. The normalized spacial score (nSPS) is 12.1. The molecule has 19 heavy (non-hydrogen) atoms. The monoisotopic (exact) mass is 268 g/mol. The van der Waals surface area contributed by atoms with Crippen molar-refractivity contribution in [3.63, 3.8) is 0 Å². The molecule has 1 aromatic rings. The number of carbonyl (C=O) groups is 2. The molecule has 0 heterocycles. The van der Waals surface area contributed by atoms with Gasteiger partial charge >= 0.3 is 5.97 Å². The van der Waals surface area contributed by atoms with Gasteiger partial charge in [0.25, 0.3) is 5.91 Å². The molecule has 0 radical (unpaired) electrons. The molecule has 0 spiro atoms. The van der Waals surface area contributed by atoms with Crippen LogP contribution in [-0.2, 0) is 9.53 Å². The van der Waals surface area contributed by atoms with Gasteiger partial charge in [-0.1, -0.05) is 13.8 Å². The quantitative estimate of drug-likeness (QED) is 0.637. The number of hydrogen-bond acceptors (Lipinski definition) is 4. The molecule has 0 saturated heterocycles. The number of rotatable bonds is 4. The van der Waals surface area contributed by atoms with Crippen LogP contribution in [0.3, 0.4) is 0 Å². The second-order valence-electron chi connectivity index (χ2n) is 4.46. The summed E-state index contributed by atoms with van der Waals surface area (Å²) in [6.07, 6.45) is 0. The van der Waals surface area contributed by atoms with E-state index in [9.17, 15) is 14.0 Å². The van der Waals surface area contributed by atoms with Gasteiger partial charge in [0.15, 0.2) is 0 Å². The summed E-state index contributed by atoms with van der Waals surface area (Å²) in [5.74, 6) is -2.15. The Morgan fingerprint density at radius 1 is 1.37 bits per heavy atom. The molecule has 6 heteroatoms. The van der Waals surface area contributed by atoms with E-state index in [1.807, 2.05) is 0 Å². The molecule has 1 unspecified atom stereocenters. The number of methoxy groups -OCH3 is 1. The highest BCUT2D eigenvalue weighted by atomic mass is 19.1. The molecule has 0 aliphatic rings. The Labute approximate surface area is 110 Å². The fraction of sp³-hybridized carbons (Fsp3) is 0.385. The van der Waals surface area contributed by atoms with Gasteiger partial charge in [-0.2, -0.15) is 0 Å². The topological polar surface area (TPSA) is 81.4 Å². The molecule has 0 aromatic heterocycles.